The fourth-order valence-electron chi connectivity index (χ4n) is 2.54. The molecule has 1 aromatic rings. The normalized spacial score (nSPS) is 23.3. The summed E-state index contributed by atoms with van der Waals surface area (Å²) in [6.45, 7) is 5.07. The maximum atomic E-state index is 12.0. The summed E-state index contributed by atoms with van der Waals surface area (Å²) in [7, 11) is 0. The van der Waals surface area contributed by atoms with Gasteiger partial charge in [0.15, 0.2) is 0 Å². The molecule has 1 saturated carbocycles. The van der Waals surface area contributed by atoms with Crippen molar-refractivity contribution in [2.24, 2.45) is 5.92 Å². The molecule has 0 saturated heterocycles. The summed E-state index contributed by atoms with van der Waals surface area (Å²) < 4.78 is 1.70. The van der Waals surface area contributed by atoms with Crippen LogP contribution < -0.4 is 5.32 Å². The minimum atomic E-state index is -0.261. The molecule has 0 aliphatic heterocycles. The molecule has 1 amide bonds. The van der Waals surface area contributed by atoms with Gasteiger partial charge in [-0.3, -0.25) is 9.48 Å². The van der Waals surface area contributed by atoms with Gasteiger partial charge < -0.3 is 10.4 Å². The molecule has 0 bridgehead atoms. The third-order valence-corrected chi connectivity index (χ3v) is 3.58. The maximum Gasteiger partial charge on any atom is 0.269 e. The maximum absolute atomic E-state index is 12.0. The van der Waals surface area contributed by atoms with Gasteiger partial charge in [0.25, 0.3) is 5.91 Å². The zero-order chi connectivity index (χ0) is 13.1. The van der Waals surface area contributed by atoms with Crippen molar-refractivity contribution in [3.63, 3.8) is 0 Å². The highest BCUT2D eigenvalue weighted by Gasteiger charge is 2.25. The van der Waals surface area contributed by atoms with Gasteiger partial charge in [0.1, 0.15) is 5.69 Å². The Morgan fingerprint density at radius 2 is 2.39 bits per heavy atom. The van der Waals surface area contributed by atoms with E-state index in [1.54, 1.807) is 10.7 Å². The third-order valence-electron chi connectivity index (χ3n) is 3.58. The Kier molecular flexibility index (Phi) is 4.01. The van der Waals surface area contributed by atoms with Crippen molar-refractivity contribution < 1.29 is 9.90 Å². The van der Waals surface area contributed by atoms with Gasteiger partial charge in [-0.1, -0.05) is 6.42 Å². The highest BCUT2D eigenvalue weighted by molar-refractivity contribution is 5.92. The van der Waals surface area contributed by atoms with E-state index in [1.165, 1.54) is 0 Å². The number of carbonyl (C=O) groups is 1. The molecular weight excluding hydrogens is 230 g/mol. The molecule has 1 heterocycles. The molecular formula is C13H21N3O2. The lowest BCUT2D eigenvalue weighted by atomic mass is 10.1. The number of hydrogen-bond donors (Lipinski definition) is 2. The molecule has 1 aliphatic carbocycles. The van der Waals surface area contributed by atoms with Crippen LogP contribution in [0.5, 0.6) is 0 Å². The topological polar surface area (TPSA) is 67.2 Å². The Hall–Kier alpha value is -1.36. The van der Waals surface area contributed by atoms with Gasteiger partial charge >= 0.3 is 0 Å². The number of aromatic nitrogens is 2. The first kappa shape index (κ1) is 13.1. The largest absolute Gasteiger partial charge is 0.393 e. The molecule has 5 nitrogen and oxygen atoms in total. The quantitative estimate of drug-likeness (QED) is 0.842. The second-order valence-electron chi connectivity index (χ2n) is 4.96. The fourth-order valence-corrected chi connectivity index (χ4v) is 2.54. The van der Waals surface area contributed by atoms with Crippen molar-refractivity contribution in [2.75, 3.05) is 6.54 Å². The molecule has 1 aromatic heterocycles. The van der Waals surface area contributed by atoms with Crippen molar-refractivity contribution in [1.82, 2.24) is 15.1 Å². The molecule has 2 rings (SSSR count). The van der Waals surface area contributed by atoms with Crippen LogP contribution in [-0.4, -0.2) is 33.4 Å². The van der Waals surface area contributed by atoms with E-state index >= 15 is 0 Å². The summed E-state index contributed by atoms with van der Waals surface area (Å²) in [5, 5.41) is 16.9. The Morgan fingerprint density at radius 3 is 3.00 bits per heavy atom. The van der Waals surface area contributed by atoms with E-state index in [9.17, 15) is 9.90 Å². The van der Waals surface area contributed by atoms with E-state index in [0.717, 1.165) is 25.0 Å². The van der Waals surface area contributed by atoms with Crippen LogP contribution in [0.3, 0.4) is 0 Å². The Labute approximate surface area is 107 Å². The van der Waals surface area contributed by atoms with Gasteiger partial charge in [0, 0.05) is 19.0 Å². The van der Waals surface area contributed by atoms with Gasteiger partial charge in [-0.15, -0.1) is 0 Å². The van der Waals surface area contributed by atoms with Crippen LogP contribution >= 0.6 is 0 Å². The third kappa shape index (κ3) is 2.72. The standard InChI is InChI=1S/C13H21N3O2/c1-3-16-11(7-9(2)15-16)13(18)14-8-10-5-4-6-12(10)17/h7,10,12,17H,3-6,8H2,1-2H3,(H,14,18). The molecule has 18 heavy (non-hydrogen) atoms. The number of aryl methyl sites for hydroxylation is 2. The molecule has 0 spiro atoms. The van der Waals surface area contributed by atoms with Crippen LogP contribution in [-0.2, 0) is 6.54 Å². The molecule has 5 heteroatoms. The molecule has 1 fully saturated rings. The second kappa shape index (κ2) is 5.52. The predicted molar refractivity (Wildman–Crippen MR) is 68.3 cm³/mol. The Morgan fingerprint density at radius 1 is 1.61 bits per heavy atom. The minimum absolute atomic E-state index is 0.100. The lowest BCUT2D eigenvalue weighted by Crippen LogP contribution is -2.33. The monoisotopic (exact) mass is 251 g/mol. The molecule has 0 aromatic carbocycles. The summed E-state index contributed by atoms with van der Waals surface area (Å²) in [4.78, 5) is 12.0. The van der Waals surface area contributed by atoms with Gasteiger partial charge in [-0.2, -0.15) is 5.10 Å². The second-order valence-corrected chi connectivity index (χ2v) is 4.96. The number of aliphatic hydroxyl groups is 1. The zero-order valence-electron chi connectivity index (χ0n) is 11.0. The van der Waals surface area contributed by atoms with E-state index in [2.05, 4.69) is 10.4 Å². The number of carbonyl (C=O) groups excluding carboxylic acids is 1. The number of aliphatic hydroxyl groups excluding tert-OH is 1. The summed E-state index contributed by atoms with van der Waals surface area (Å²) in [6, 6.07) is 1.80. The smallest absolute Gasteiger partial charge is 0.269 e. The van der Waals surface area contributed by atoms with Crippen molar-refractivity contribution in [1.29, 1.82) is 0 Å². The first-order valence-corrected chi connectivity index (χ1v) is 6.62. The van der Waals surface area contributed by atoms with Crippen LogP contribution in [0.2, 0.25) is 0 Å². The molecule has 100 valence electrons. The van der Waals surface area contributed by atoms with Gasteiger partial charge in [-0.05, 0) is 32.8 Å². The molecule has 2 atom stereocenters. The Balaban J connectivity index is 1.94. The summed E-state index contributed by atoms with van der Waals surface area (Å²) in [6.07, 6.45) is 2.64. The molecule has 2 unspecified atom stereocenters. The van der Waals surface area contributed by atoms with Crippen molar-refractivity contribution in [3.8, 4) is 0 Å². The number of nitrogens with zero attached hydrogens (tertiary/aromatic N) is 2. The van der Waals surface area contributed by atoms with Crippen LogP contribution in [0, 0.1) is 12.8 Å². The predicted octanol–water partition coefficient (Wildman–Crippen LogP) is 1.10. The van der Waals surface area contributed by atoms with Gasteiger partial charge in [-0.25, -0.2) is 0 Å². The highest BCUT2D eigenvalue weighted by atomic mass is 16.3. The Bertz CT molecular complexity index is 428. The lowest BCUT2D eigenvalue weighted by Gasteiger charge is -2.15. The van der Waals surface area contributed by atoms with E-state index in [4.69, 9.17) is 0 Å². The first-order valence-electron chi connectivity index (χ1n) is 6.62. The van der Waals surface area contributed by atoms with Crippen LogP contribution in [0.4, 0.5) is 0 Å². The van der Waals surface area contributed by atoms with E-state index in [-0.39, 0.29) is 17.9 Å². The van der Waals surface area contributed by atoms with Crippen molar-refractivity contribution in [3.05, 3.63) is 17.5 Å². The van der Waals surface area contributed by atoms with E-state index in [0.29, 0.717) is 18.8 Å². The highest BCUT2D eigenvalue weighted by Crippen LogP contribution is 2.24. The van der Waals surface area contributed by atoms with E-state index in [1.807, 2.05) is 13.8 Å². The lowest BCUT2D eigenvalue weighted by molar-refractivity contribution is 0.0906. The molecule has 0 radical (unpaired) electrons. The van der Waals surface area contributed by atoms with Gasteiger partial charge in [0.05, 0.1) is 11.8 Å². The van der Waals surface area contributed by atoms with Crippen LogP contribution in [0.1, 0.15) is 42.4 Å². The zero-order valence-corrected chi connectivity index (χ0v) is 11.0. The van der Waals surface area contributed by atoms with Crippen LogP contribution in [0.25, 0.3) is 0 Å². The number of amides is 1. The van der Waals surface area contributed by atoms with Gasteiger partial charge in [0.2, 0.25) is 0 Å². The van der Waals surface area contributed by atoms with Crippen LogP contribution in [0.15, 0.2) is 6.07 Å². The minimum Gasteiger partial charge on any atom is -0.393 e. The van der Waals surface area contributed by atoms with E-state index < -0.39 is 0 Å². The average molecular weight is 251 g/mol. The van der Waals surface area contributed by atoms with Crippen molar-refractivity contribution >= 4 is 5.91 Å². The molecule has 2 N–H and O–H groups in total. The SMILES string of the molecule is CCn1nc(C)cc1C(=O)NCC1CCCC1O. The number of nitrogens with one attached hydrogen (secondary N) is 1. The average Bonchev–Trinajstić information content (AvgIpc) is 2.92. The molecule has 1 aliphatic rings. The van der Waals surface area contributed by atoms with Crippen molar-refractivity contribution in [2.45, 2.75) is 45.8 Å². The summed E-state index contributed by atoms with van der Waals surface area (Å²) in [5.74, 6) is 0.101. The first-order chi connectivity index (χ1) is 8.61. The number of rotatable bonds is 4. The fraction of sp³-hybridized carbons (Fsp3) is 0.692. The number of hydrogen-bond acceptors (Lipinski definition) is 3. The summed E-state index contributed by atoms with van der Waals surface area (Å²) in [5.41, 5.74) is 1.45. The summed E-state index contributed by atoms with van der Waals surface area (Å²) >= 11 is 0.